The number of carbonyl (C=O) groups excluding carboxylic acids is 2. The van der Waals surface area contributed by atoms with Crippen LogP contribution in [0.25, 0.3) is 17.0 Å². The standard InChI is InChI=1S/C23H20N2O2S/c1-3-13-24-22(26)21(28-23(24)27)14-19-16(2)25(15-17-9-5-4-6-10-17)20-12-8-7-11-18(19)20/h3-12,14H,1,13,15H2,2H3/b21-14+. The van der Waals surface area contributed by atoms with Crippen molar-refractivity contribution < 1.29 is 9.59 Å². The molecule has 0 bridgehead atoms. The fourth-order valence-corrected chi connectivity index (χ4v) is 4.36. The number of fused-ring (bicyclic) bond motifs is 1. The van der Waals surface area contributed by atoms with Crippen LogP contribution in [0.15, 0.2) is 72.2 Å². The molecule has 1 saturated heterocycles. The van der Waals surface area contributed by atoms with E-state index in [9.17, 15) is 9.59 Å². The molecule has 0 atom stereocenters. The number of rotatable bonds is 5. The third-order valence-electron chi connectivity index (χ3n) is 4.92. The highest BCUT2D eigenvalue weighted by Crippen LogP contribution is 2.35. The van der Waals surface area contributed by atoms with Gasteiger partial charge < -0.3 is 4.57 Å². The van der Waals surface area contributed by atoms with Crippen LogP contribution in [0.3, 0.4) is 0 Å². The molecule has 0 unspecified atom stereocenters. The average molecular weight is 388 g/mol. The van der Waals surface area contributed by atoms with Crippen LogP contribution in [0.5, 0.6) is 0 Å². The molecular formula is C23H20N2O2S. The van der Waals surface area contributed by atoms with Crippen LogP contribution in [0, 0.1) is 6.92 Å². The molecule has 1 fully saturated rings. The van der Waals surface area contributed by atoms with Crippen molar-refractivity contribution in [3.63, 3.8) is 0 Å². The van der Waals surface area contributed by atoms with E-state index in [1.807, 2.05) is 36.4 Å². The number of aromatic nitrogens is 1. The number of hydrogen-bond acceptors (Lipinski definition) is 3. The van der Waals surface area contributed by atoms with Gasteiger partial charge in [0.05, 0.1) is 4.91 Å². The van der Waals surface area contributed by atoms with Crippen LogP contribution < -0.4 is 0 Å². The lowest BCUT2D eigenvalue weighted by molar-refractivity contribution is -0.122. The number of thioether (sulfide) groups is 1. The zero-order chi connectivity index (χ0) is 19.7. The predicted molar refractivity (Wildman–Crippen MR) is 115 cm³/mol. The van der Waals surface area contributed by atoms with Gasteiger partial charge in [0, 0.05) is 35.2 Å². The second-order valence-corrected chi connectivity index (χ2v) is 7.66. The van der Waals surface area contributed by atoms with E-state index in [2.05, 4.69) is 42.3 Å². The molecule has 28 heavy (non-hydrogen) atoms. The van der Waals surface area contributed by atoms with Crippen molar-refractivity contribution in [2.75, 3.05) is 6.54 Å². The minimum Gasteiger partial charge on any atom is -0.340 e. The van der Waals surface area contributed by atoms with Crippen LogP contribution in [-0.2, 0) is 11.3 Å². The summed E-state index contributed by atoms with van der Waals surface area (Å²) in [6.07, 6.45) is 3.42. The molecule has 140 valence electrons. The fraction of sp³-hybridized carbons (Fsp3) is 0.130. The lowest BCUT2D eigenvalue weighted by atomic mass is 10.1. The van der Waals surface area contributed by atoms with E-state index in [0.717, 1.165) is 40.5 Å². The second-order valence-electron chi connectivity index (χ2n) is 6.67. The number of amides is 2. The zero-order valence-corrected chi connectivity index (χ0v) is 16.4. The van der Waals surface area contributed by atoms with Gasteiger partial charge in [-0.2, -0.15) is 0 Å². The van der Waals surface area contributed by atoms with E-state index in [4.69, 9.17) is 0 Å². The molecule has 1 aromatic heterocycles. The Balaban J connectivity index is 1.80. The van der Waals surface area contributed by atoms with Gasteiger partial charge in [-0.15, -0.1) is 6.58 Å². The molecule has 2 aromatic carbocycles. The van der Waals surface area contributed by atoms with Gasteiger partial charge >= 0.3 is 0 Å². The first kappa shape index (κ1) is 18.3. The lowest BCUT2D eigenvalue weighted by Gasteiger charge is -2.09. The summed E-state index contributed by atoms with van der Waals surface area (Å²) in [4.78, 5) is 26.4. The average Bonchev–Trinajstić information content (AvgIpc) is 3.12. The fourth-order valence-electron chi connectivity index (χ4n) is 3.53. The topological polar surface area (TPSA) is 42.3 Å². The van der Waals surface area contributed by atoms with Crippen molar-refractivity contribution in [1.82, 2.24) is 9.47 Å². The van der Waals surface area contributed by atoms with Crippen LogP contribution in [0.4, 0.5) is 4.79 Å². The summed E-state index contributed by atoms with van der Waals surface area (Å²) >= 11 is 0.989. The Bertz CT molecular complexity index is 1110. The first-order valence-electron chi connectivity index (χ1n) is 9.08. The molecule has 0 aliphatic carbocycles. The molecule has 1 aliphatic heterocycles. The van der Waals surface area contributed by atoms with E-state index in [-0.39, 0.29) is 17.7 Å². The number of para-hydroxylation sites is 1. The Hall–Kier alpha value is -3.05. The lowest BCUT2D eigenvalue weighted by Crippen LogP contribution is -2.27. The van der Waals surface area contributed by atoms with E-state index in [1.165, 1.54) is 10.5 Å². The minimum absolute atomic E-state index is 0.233. The molecule has 3 aromatic rings. The molecule has 1 aliphatic rings. The maximum absolute atomic E-state index is 12.6. The van der Waals surface area contributed by atoms with E-state index in [0.29, 0.717) is 4.91 Å². The largest absolute Gasteiger partial charge is 0.340 e. The van der Waals surface area contributed by atoms with Crippen molar-refractivity contribution in [3.05, 3.63) is 89.0 Å². The van der Waals surface area contributed by atoms with Gasteiger partial charge in [-0.3, -0.25) is 14.5 Å². The number of nitrogens with zero attached hydrogens (tertiary/aromatic N) is 2. The summed E-state index contributed by atoms with van der Waals surface area (Å²) in [5, 5.41) is 0.827. The smallest absolute Gasteiger partial charge is 0.293 e. The van der Waals surface area contributed by atoms with Gasteiger partial charge in [0.15, 0.2) is 0 Å². The molecule has 2 heterocycles. The van der Waals surface area contributed by atoms with E-state index >= 15 is 0 Å². The number of carbonyl (C=O) groups is 2. The Morgan fingerprint density at radius 1 is 1.04 bits per heavy atom. The molecule has 0 spiro atoms. The highest BCUT2D eigenvalue weighted by atomic mass is 32.2. The molecule has 5 heteroatoms. The third kappa shape index (κ3) is 3.18. The number of imide groups is 1. The van der Waals surface area contributed by atoms with Crippen molar-refractivity contribution >= 4 is 39.9 Å². The molecule has 0 saturated carbocycles. The second kappa shape index (κ2) is 7.52. The first-order chi connectivity index (χ1) is 13.6. The van der Waals surface area contributed by atoms with Gasteiger partial charge in [0.1, 0.15) is 0 Å². The quantitative estimate of drug-likeness (QED) is 0.444. The van der Waals surface area contributed by atoms with Crippen molar-refractivity contribution in [2.45, 2.75) is 13.5 Å². The van der Waals surface area contributed by atoms with Crippen molar-refractivity contribution in [3.8, 4) is 0 Å². The molecule has 4 rings (SSSR count). The number of benzene rings is 2. The number of hydrogen-bond donors (Lipinski definition) is 0. The zero-order valence-electron chi connectivity index (χ0n) is 15.6. The Labute approximate surface area is 168 Å². The SMILES string of the molecule is C=CCN1C(=O)S/C(=C/c2c(C)n(Cc3ccccc3)c3ccccc23)C1=O. The molecule has 2 amide bonds. The van der Waals surface area contributed by atoms with Crippen LogP contribution in [-0.4, -0.2) is 27.2 Å². The maximum Gasteiger partial charge on any atom is 0.293 e. The van der Waals surface area contributed by atoms with Crippen LogP contribution in [0.2, 0.25) is 0 Å². The van der Waals surface area contributed by atoms with Crippen LogP contribution >= 0.6 is 11.8 Å². The monoisotopic (exact) mass is 388 g/mol. The summed E-state index contributed by atoms with van der Waals surface area (Å²) in [6, 6.07) is 18.5. The van der Waals surface area contributed by atoms with Gasteiger partial charge in [0.25, 0.3) is 11.1 Å². The molecule has 4 nitrogen and oxygen atoms in total. The molecular weight excluding hydrogens is 368 g/mol. The van der Waals surface area contributed by atoms with Crippen molar-refractivity contribution in [1.29, 1.82) is 0 Å². The summed E-state index contributed by atoms with van der Waals surface area (Å²) in [5.41, 5.74) is 4.38. The summed E-state index contributed by atoms with van der Waals surface area (Å²) in [5.74, 6) is -0.255. The molecule has 0 N–H and O–H groups in total. The summed E-state index contributed by atoms with van der Waals surface area (Å²) in [7, 11) is 0. The summed E-state index contributed by atoms with van der Waals surface area (Å²) < 4.78 is 2.25. The Morgan fingerprint density at radius 3 is 2.50 bits per heavy atom. The van der Waals surface area contributed by atoms with Crippen molar-refractivity contribution in [2.24, 2.45) is 0 Å². The van der Waals surface area contributed by atoms with Gasteiger partial charge in [-0.25, -0.2) is 0 Å². The highest BCUT2D eigenvalue weighted by Gasteiger charge is 2.34. The van der Waals surface area contributed by atoms with Gasteiger partial charge in [0.2, 0.25) is 0 Å². The van der Waals surface area contributed by atoms with E-state index < -0.39 is 0 Å². The maximum atomic E-state index is 12.6. The first-order valence-corrected chi connectivity index (χ1v) is 9.90. The predicted octanol–water partition coefficient (Wildman–Crippen LogP) is 5.22. The van der Waals surface area contributed by atoms with Gasteiger partial charge in [-0.05, 0) is 36.4 Å². The normalized spacial score (nSPS) is 15.8. The Kier molecular flexibility index (Phi) is 4.92. The molecule has 0 radical (unpaired) electrons. The third-order valence-corrected chi connectivity index (χ3v) is 5.83. The highest BCUT2D eigenvalue weighted by molar-refractivity contribution is 8.18. The summed E-state index contributed by atoms with van der Waals surface area (Å²) in [6.45, 7) is 6.66. The minimum atomic E-state index is -0.255. The van der Waals surface area contributed by atoms with Gasteiger partial charge in [-0.1, -0.05) is 54.6 Å². The van der Waals surface area contributed by atoms with E-state index in [1.54, 1.807) is 6.08 Å². The van der Waals surface area contributed by atoms with Crippen LogP contribution in [0.1, 0.15) is 16.8 Å². The Morgan fingerprint density at radius 2 is 1.75 bits per heavy atom.